The molecule has 3 nitrogen and oxygen atoms in total. The van der Waals surface area contributed by atoms with Crippen molar-refractivity contribution in [2.45, 2.75) is 83.8 Å². The second-order valence-corrected chi connectivity index (χ2v) is 21.3. The van der Waals surface area contributed by atoms with E-state index in [0.717, 1.165) is 32.5 Å². The van der Waals surface area contributed by atoms with Gasteiger partial charge in [0.1, 0.15) is 14.2 Å². The molecule has 2 atom stereocenters. The molecule has 0 aliphatic carbocycles. The van der Waals surface area contributed by atoms with E-state index < -0.39 is 16.4 Å². The van der Waals surface area contributed by atoms with E-state index in [1.165, 1.54) is 10.4 Å². The largest absolute Gasteiger partial charge is 0.407 e. The molecular weight excluding hydrogens is 477 g/mol. The van der Waals surface area contributed by atoms with Gasteiger partial charge in [0, 0.05) is 19.8 Å². The van der Waals surface area contributed by atoms with Gasteiger partial charge >= 0.3 is 0 Å². The van der Waals surface area contributed by atoms with E-state index in [4.69, 9.17) is 13.9 Å². The van der Waals surface area contributed by atoms with Gasteiger partial charge in [-0.1, -0.05) is 114 Å². The minimum atomic E-state index is -2.54. The maximum atomic E-state index is 7.19. The van der Waals surface area contributed by atoms with Crippen LogP contribution in [0.15, 0.2) is 60.7 Å². The van der Waals surface area contributed by atoms with Crippen LogP contribution < -0.4 is 10.4 Å². The van der Waals surface area contributed by atoms with E-state index in [-0.39, 0.29) is 17.2 Å². The molecule has 0 radical (unpaired) electrons. The van der Waals surface area contributed by atoms with Crippen molar-refractivity contribution in [2.75, 3.05) is 19.8 Å². The molecule has 5 heteroatoms. The van der Waals surface area contributed by atoms with Gasteiger partial charge in [0.2, 0.25) is 0 Å². The standard InChI is InChI=1S/C31H46O3Si2/c1-26(24-28(20-23-35(5,6)7)34-27-18-21-32-22-19-27)25-33-36(31(2,3)4,29-14-10-8-11-15-29)30-16-12-9-13-17-30/h8-17,26-28H,18-19,21-22,24-25H2,1-7H3. The first-order valence-corrected chi connectivity index (χ1v) is 18.9. The van der Waals surface area contributed by atoms with Crippen LogP contribution in [0.4, 0.5) is 0 Å². The smallest absolute Gasteiger partial charge is 0.261 e. The Morgan fingerprint density at radius 2 is 1.44 bits per heavy atom. The lowest BCUT2D eigenvalue weighted by molar-refractivity contribution is -0.0567. The van der Waals surface area contributed by atoms with Gasteiger partial charge in [-0.25, -0.2) is 0 Å². The van der Waals surface area contributed by atoms with Crippen molar-refractivity contribution >= 4 is 26.8 Å². The summed E-state index contributed by atoms with van der Waals surface area (Å²) in [5.41, 5.74) is 3.57. The normalized spacial score (nSPS) is 17.2. The van der Waals surface area contributed by atoms with E-state index in [9.17, 15) is 0 Å². The maximum absolute atomic E-state index is 7.19. The third-order valence-corrected chi connectivity index (χ3v) is 12.6. The summed E-state index contributed by atoms with van der Waals surface area (Å²) in [6, 6.07) is 21.8. The highest BCUT2D eigenvalue weighted by Crippen LogP contribution is 2.37. The van der Waals surface area contributed by atoms with Gasteiger partial charge < -0.3 is 13.9 Å². The molecule has 0 amide bonds. The molecule has 1 fully saturated rings. The lowest BCUT2D eigenvalue weighted by Crippen LogP contribution is -2.66. The fraction of sp³-hybridized carbons (Fsp3) is 0.548. The Labute approximate surface area is 222 Å². The summed E-state index contributed by atoms with van der Waals surface area (Å²) < 4.78 is 19.3. The third kappa shape index (κ3) is 7.90. The Kier molecular flexibility index (Phi) is 10.2. The fourth-order valence-corrected chi connectivity index (χ4v) is 10.2. The van der Waals surface area contributed by atoms with Crippen molar-refractivity contribution in [1.82, 2.24) is 0 Å². The number of ether oxygens (including phenoxy) is 2. The van der Waals surface area contributed by atoms with Crippen LogP contribution in [-0.4, -0.2) is 48.4 Å². The predicted octanol–water partition coefficient (Wildman–Crippen LogP) is 6.03. The average Bonchev–Trinajstić information content (AvgIpc) is 2.84. The molecule has 36 heavy (non-hydrogen) atoms. The summed E-state index contributed by atoms with van der Waals surface area (Å²) in [7, 11) is -4.03. The predicted molar refractivity (Wildman–Crippen MR) is 157 cm³/mol. The molecule has 1 heterocycles. The Balaban J connectivity index is 1.84. The molecule has 0 saturated carbocycles. The van der Waals surface area contributed by atoms with Crippen molar-refractivity contribution in [2.24, 2.45) is 5.92 Å². The zero-order chi connectivity index (χ0) is 26.2. The molecule has 0 N–H and O–H groups in total. The molecule has 2 aromatic carbocycles. The number of hydrogen-bond donors (Lipinski definition) is 0. The van der Waals surface area contributed by atoms with Crippen LogP contribution in [-0.2, 0) is 13.9 Å². The maximum Gasteiger partial charge on any atom is 0.261 e. The molecule has 196 valence electrons. The molecule has 1 aliphatic heterocycles. The van der Waals surface area contributed by atoms with Gasteiger partial charge in [-0.15, -0.1) is 5.54 Å². The van der Waals surface area contributed by atoms with E-state index in [0.29, 0.717) is 12.5 Å². The second-order valence-electron chi connectivity index (χ2n) is 12.3. The molecule has 0 bridgehead atoms. The SMILES string of the molecule is CC(CO[Si](c1ccccc1)(c1ccccc1)C(C)(C)C)CC(C#C[Si](C)(C)C)OC1CCOCC1. The summed E-state index contributed by atoms with van der Waals surface area (Å²) in [6.07, 6.45) is 2.98. The summed E-state index contributed by atoms with van der Waals surface area (Å²) in [5, 5.41) is 2.62. The monoisotopic (exact) mass is 522 g/mol. The quantitative estimate of drug-likeness (QED) is 0.297. The van der Waals surface area contributed by atoms with Crippen molar-refractivity contribution < 1.29 is 13.9 Å². The topological polar surface area (TPSA) is 27.7 Å². The van der Waals surface area contributed by atoms with Crippen LogP contribution in [0.1, 0.15) is 47.0 Å². The second kappa shape index (κ2) is 12.7. The highest BCUT2D eigenvalue weighted by atomic mass is 28.4. The lowest BCUT2D eigenvalue weighted by atomic mass is 10.0. The van der Waals surface area contributed by atoms with E-state index in [1.807, 2.05) is 0 Å². The third-order valence-electron chi connectivity index (χ3n) is 6.75. The van der Waals surface area contributed by atoms with Gasteiger partial charge in [0.15, 0.2) is 0 Å². The highest BCUT2D eigenvalue weighted by Gasteiger charge is 2.50. The van der Waals surface area contributed by atoms with Crippen LogP contribution >= 0.6 is 0 Å². The van der Waals surface area contributed by atoms with Crippen molar-refractivity contribution in [1.29, 1.82) is 0 Å². The lowest BCUT2D eigenvalue weighted by Gasteiger charge is -2.43. The van der Waals surface area contributed by atoms with Crippen molar-refractivity contribution in [3.05, 3.63) is 60.7 Å². The first-order chi connectivity index (χ1) is 17.0. The van der Waals surface area contributed by atoms with Gasteiger partial charge in [-0.2, -0.15) is 0 Å². The van der Waals surface area contributed by atoms with E-state index in [1.54, 1.807) is 0 Å². The first kappa shape index (κ1) is 28.9. The van der Waals surface area contributed by atoms with Crippen LogP contribution in [0.3, 0.4) is 0 Å². The summed E-state index contributed by atoms with van der Waals surface area (Å²) >= 11 is 0. The minimum Gasteiger partial charge on any atom is -0.407 e. The Morgan fingerprint density at radius 3 is 1.92 bits per heavy atom. The van der Waals surface area contributed by atoms with Crippen LogP contribution in [0.2, 0.25) is 24.7 Å². The molecule has 1 saturated heterocycles. The molecule has 1 aliphatic rings. The summed E-state index contributed by atoms with van der Waals surface area (Å²) in [4.78, 5) is 0. The molecular formula is C31H46O3Si2. The minimum absolute atomic E-state index is 0.0228. The molecule has 0 spiro atoms. The fourth-order valence-electron chi connectivity index (χ4n) is 4.95. The van der Waals surface area contributed by atoms with Gasteiger partial charge in [-0.3, -0.25) is 0 Å². The van der Waals surface area contributed by atoms with Crippen molar-refractivity contribution in [3.63, 3.8) is 0 Å². The molecule has 0 aromatic heterocycles. The number of benzene rings is 2. The van der Waals surface area contributed by atoms with Gasteiger partial charge in [0.05, 0.1) is 6.10 Å². The Morgan fingerprint density at radius 1 is 0.917 bits per heavy atom. The highest BCUT2D eigenvalue weighted by molar-refractivity contribution is 6.99. The number of hydrogen-bond acceptors (Lipinski definition) is 3. The molecule has 3 rings (SSSR count). The van der Waals surface area contributed by atoms with Crippen LogP contribution in [0.5, 0.6) is 0 Å². The molecule has 2 unspecified atom stereocenters. The van der Waals surface area contributed by atoms with Crippen molar-refractivity contribution in [3.8, 4) is 11.5 Å². The zero-order valence-electron chi connectivity index (χ0n) is 23.5. The number of rotatable bonds is 9. The van der Waals surface area contributed by atoms with Crippen LogP contribution in [0.25, 0.3) is 0 Å². The zero-order valence-corrected chi connectivity index (χ0v) is 25.5. The van der Waals surface area contributed by atoms with Crippen LogP contribution in [0, 0.1) is 17.4 Å². The van der Waals surface area contributed by atoms with E-state index >= 15 is 0 Å². The summed E-state index contributed by atoms with van der Waals surface area (Å²) in [6.45, 7) is 18.4. The first-order valence-electron chi connectivity index (χ1n) is 13.5. The van der Waals surface area contributed by atoms with Gasteiger partial charge in [-0.05, 0) is 40.6 Å². The summed E-state index contributed by atoms with van der Waals surface area (Å²) in [5.74, 6) is 3.86. The Bertz CT molecular complexity index is 938. The van der Waals surface area contributed by atoms with Gasteiger partial charge in [0.25, 0.3) is 8.32 Å². The Hall–Kier alpha value is -1.69. The molecule has 2 aromatic rings. The average molecular weight is 523 g/mol. The van der Waals surface area contributed by atoms with E-state index in [2.05, 4.69) is 119 Å².